The fourth-order valence-corrected chi connectivity index (χ4v) is 4.61. The molecule has 29 heavy (non-hydrogen) atoms. The first kappa shape index (κ1) is 21.0. The Balaban J connectivity index is 1.87. The second-order valence-electron chi connectivity index (χ2n) is 6.12. The topological polar surface area (TPSA) is 93.5 Å². The van der Waals surface area contributed by atoms with Crippen LogP contribution in [-0.2, 0) is 23.8 Å². The number of ether oxygens (including phenoxy) is 1. The van der Waals surface area contributed by atoms with Crippen molar-refractivity contribution in [2.75, 3.05) is 17.7 Å². The molecule has 0 unspecified atom stereocenters. The highest BCUT2D eigenvalue weighted by Crippen LogP contribution is 2.40. The molecule has 0 amide bonds. The van der Waals surface area contributed by atoms with E-state index in [9.17, 15) is 28.1 Å². The lowest BCUT2D eigenvalue weighted by atomic mass is 10.1. The molecule has 154 valence electrons. The molecule has 0 atom stereocenters. The van der Waals surface area contributed by atoms with Gasteiger partial charge in [-0.2, -0.15) is 13.2 Å². The van der Waals surface area contributed by atoms with E-state index >= 15 is 0 Å². The van der Waals surface area contributed by atoms with Crippen molar-refractivity contribution in [3.63, 3.8) is 0 Å². The van der Waals surface area contributed by atoms with Crippen molar-refractivity contribution in [1.82, 2.24) is 0 Å². The lowest BCUT2D eigenvalue weighted by Crippen LogP contribution is -2.22. The number of thiophene rings is 1. The zero-order chi connectivity index (χ0) is 21.3. The number of rotatable bonds is 4. The van der Waals surface area contributed by atoms with Crippen LogP contribution in [0.25, 0.3) is 0 Å². The van der Waals surface area contributed by atoms with Gasteiger partial charge in [0.2, 0.25) is 0 Å². The molecule has 1 heterocycles. The molecule has 0 saturated carbocycles. The van der Waals surface area contributed by atoms with Gasteiger partial charge in [-0.3, -0.25) is 10.1 Å². The molecular formula is C17H14F3N3O4S2. The molecule has 1 aromatic heterocycles. The Kier molecular flexibility index (Phi) is 5.75. The minimum Gasteiger partial charge on any atom is -0.465 e. The highest BCUT2D eigenvalue weighted by Gasteiger charge is 2.35. The number of fused-ring (bicyclic) bond motifs is 1. The monoisotopic (exact) mass is 445 g/mol. The third-order valence-electron chi connectivity index (χ3n) is 4.31. The molecule has 0 bridgehead atoms. The number of esters is 1. The van der Waals surface area contributed by atoms with Gasteiger partial charge in [-0.05, 0) is 43.1 Å². The number of carbonyl (C=O) groups excluding carboxylic acids is 1. The van der Waals surface area contributed by atoms with E-state index in [1.54, 1.807) is 0 Å². The molecule has 2 aromatic rings. The van der Waals surface area contributed by atoms with Gasteiger partial charge in [0.25, 0.3) is 5.69 Å². The Morgan fingerprint density at radius 2 is 2.03 bits per heavy atom. The molecule has 0 aliphatic heterocycles. The van der Waals surface area contributed by atoms with Crippen molar-refractivity contribution >= 4 is 51.0 Å². The maximum absolute atomic E-state index is 13.3. The molecule has 0 fully saturated rings. The van der Waals surface area contributed by atoms with E-state index in [0.717, 1.165) is 35.4 Å². The Bertz CT molecular complexity index is 1000. The second-order valence-corrected chi connectivity index (χ2v) is 7.63. The van der Waals surface area contributed by atoms with E-state index in [1.165, 1.54) is 18.4 Å². The number of benzene rings is 1. The molecule has 3 rings (SSSR count). The van der Waals surface area contributed by atoms with E-state index in [2.05, 4.69) is 10.6 Å². The molecule has 0 saturated heterocycles. The normalized spacial score (nSPS) is 13.0. The maximum Gasteiger partial charge on any atom is 0.418 e. The smallest absolute Gasteiger partial charge is 0.418 e. The molecule has 0 radical (unpaired) electrons. The number of anilines is 2. The van der Waals surface area contributed by atoms with Crippen molar-refractivity contribution in [2.24, 2.45) is 0 Å². The van der Waals surface area contributed by atoms with E-state index < -0.39 is 34.0 Å². The van der Waals surface area contributed by atoms with Gasteiger partial charge in [0, 0.05) is 17.0 Å². The summed E-state index contributed by atoms with van der Waals surface area (Å²) in [5, 5.41) is 16.2. The second kappa shape index (κ2) is 7.95. The highest BCUT2D eigenvalue weighted by atomic mass is 32.1. The van der Waals surface area contributed by atoms with Crippen LogP contribution in [0, 0.1) is 10.1 Å². The summed E-state index contributed by atoms with van der Waals surface area (Å²) in [4.78, 5) is 23.0. The molecular weight excluding hydrogens is 431 g/mol. The number of aryl methyl sites for hydroxylation is 1. The fourth-order valence-electron chi connectivity index (χ4n) is 3.06. The number of methoxy groups -OCH3 is 1. The summed E-state index contributed by atoms with van der Waals surface area (Å²) >= 11 is 6.40. The number of hydrogen-bond donors (Lipinski definition) is 2. The number of hydrogen-bond acceptors (Lipinski definition) is 6. The number of nitrogens with one attached hydrogen (secondary N) is 2. The van der Waals surface area contributed by atoms with Gasteiger partial charge < -0.3 is 15.4 Å². The van der Waals surface area contributed by atoms with Gasteiger partial charge in [0.15, 0.2) is 5.11 Å². The summed E-state index contributed by atoms with van der Waals surface area (Å²) < 4.78 is 44.7. The number of thiocarbonyl (C=S) groups is 1. The zero-order valence-corrected chi connectivity index (χ0v) is 16.5. The predicted octanol–water partition coefficient (Wildman–Crippen LogP) is 4.76. The third-order valence-corrected chi connectivity index (χ3v) is 5.72. The number of non-ortho nitro benzene ring substituents is 1. The summed E-state index contributed by atoms with van der Waals surface area (Å²) in [5.41, 5.74) is -1.17. The maximum atomic E-state index is 13.3. The first-order chi connectivity index (χ1) is 13.6. The van der Waals surface area contributed by atoms with Crippen molar-refractivity contribution in [3.05, 3.63) is 49.9 Å². The van der Waals surface area contributed by atoms with Gasteiger partial charge in [0.1, 0.15) is 5.00 Å². The lowest BCUT2D eigenvalue weighted by molar-refractivity contribution is -0.385. The minimum absolute atomic E-state index is 0.186. The van der Waals surface area contributed by atoms with E-state index in [0.29, 0.717) is 23.1 Å². The molecule has 7 nitrogen and oxygen atoms in total. The van der Waals surface area contributed by atoms with Gasteiger partial charge in [0.05, 0.1) is 28.8 Å². The molecule has 1 aromatic carbocycles. The van der Waals surface area contributed by atoms with E-state index in [-0.39, 0.29) is 5.11 Å². The van der Waals surface area contributed by atoms with Gasteiger partial charge in [-0.1, -0.05) is 0 Å². The molecule has 2 N–H and O–H groups in total. The Morgan fingerprint density at radius 3 is 2.66 bits per heavy atom. The fraction of sp³-hybridized carbons (Fsp3) is 0.294. The average Bonchev–Trinajstić information content (AvgIpc) is 3.20. The predicted molar refractivity (Wildman–Crippen MR) is 106 cm³/mol. The molecule has 1 aliphatic carbocycles. The van der Waals surface area contributed by atoms with Crippen molar-refractivity contribution in [1.29, 1.82) is 0 Å². The largest absolute Gasteiger partial charge is 0.465 e. The quantitative estimate of drug-likeness (QED) is 0.303. The summed E-state index contributed by atoms with van der Waals surface area (Å²) in [6, 6.07) is 2.31. The van der Waals surface area contributed by atoms with Crippen LogP contribution in [0.1, 0.15) is 32.8 Å². The van der Waals surface area contributed by atoms with Gasteiger partial charge >= 0.3 is 12.1 Å². The van der Waals surface area contributed by atoms with E-state index in [1.807, 2.05) is 0 Å². The minimum atomic E-state index is -4.83. The van der Waals surface area contributed by atoms with Gasteiger partial charge in [-0.15, -0.1) is 11.3 Å². The summed E-state index contributed by atoms with van der Waals surface area (Å²) in [6.07, 6.45) is -2.41. The molecule has 12 heteroatoms. The molecule has 1 aliphatic rings. The van der Waals surface area contributed by atoms with Crippen LogP contribution in [0.4, 0.5) is 29.5 Å². The first-order valence-corrected chi connectivity index (χ1v) is 9.50. The highest BCUT2D eigenvalue weighted by molar-refractivity contribution is 7.80. The van der Waals surface area contributed by atoms with Gasteiger partial charge in [-0.25, -0.2) is 4.79 Å². The van der Waals surface area contributed by atoms with Crippen LogP contribution in [0.2, 0.25) is 0 Å². The van der Waals surface area contributed by atoms with Crippen LogP contribution in [-0.4, -0.2) is 23.1 Å². The van der Waals surface area contributed by atoms with E-state index in [4.69, 9.17) is 17.0 Å². The number of alkyl halides is 3. The van der Waals surface area contributed by atoms with Crippen molar-refractivity contribution < 1.29 is 27.6 Å². The Labute approximate surface area is 172 Å². The van der Waals surface area contributed by atoms with Crippen molar-refractivity contribution in [3.8, 4) is 0 Å². The van der Waals surface area contributed by atoms with Crippen LogP contribution in [0.5, 0.6) is 0 Å². The number of carbonyl (C=O) groups is 1. The van der Waals surface area contributed by atoms with Crippen LogP contribution < -0.4 is 10.6 Å². The SMILES string of the molecule is COC(=O)c1c(NC(=S)Nc2ccc([N+](=O)[O-])cc2C(F)(F)F)sc2c1CCC2. The summed E-state index contributed by atoms with van der Waals surface area (Å²) in [6.45, 7) is 0. The average molecular weight is 445 g/mol. The number of nitro groups is 1. The number of nitro benzene ring substituents is 1. The number of halogens is 3. The zero-order valence-electron chi connectivity index (χ0n) is 14.9. The Morgan fingerprint density at radius 1 is 1.31 bits per heavy atom. The Hall–Kier alpha value is -2.73. The number of nitrogens with zero attached hydrogens (tertiary/aromatic N) is 1. The van der Waals surface area contributed by atoms with Crippen LogP contribution in [0.3, 0.4) is 0 Å². The summed E-state index contributed by atoms with van der Waals surface area (Å²) in [7, 11) is 1.24. The standard InChI is InChI=1S/C17H14F3N3O4S2/c1-27-15(24)13-9-3-2-4-12(9)29-14(13)22-16(28)21-11-6-5-8(23(25)26)7-10(11)17(18,19)20/h5-7H,2-4H2,1H3,(H2,21,22,28). The van der Waals surface area contributed by atoms with Crippen LogP contribution in [0.15, 0.2) is 18.2 Å². The third kappa shape index (κ3) is 4.32. The van der Waals surface area contributed by atoms with Crippen molar-refractivity contribution in [2.45, 2.75) is 25.4 Å². The molecule has 0 spiro atoms. The summed E-state index contributed by atoms with van der Waals surface area (Å²) in [5.74, 6) is -0.555. The first-order valence-electron chi connectivity index (χ1n) is 8.28. The lowest BCUT2D eigenvalue weighted by Gasteiger charge is -2.16. The van der Waals surface area contributed by atoms with Crippen LogP contribution >= 0.6 is 23.6 Å².